The quantitative estimate of drug-likeness (QED) is 0.499. The van der Waals surface area contributed by atoms with Gasteiger partial charge in [-0.2, -0.15) is 5.10 Å². The van der Waals surface area contributed by atoms with Crippen molar-refractivity contribution in [3.05, 3.63) is 47.3 Å². The minimum absolute atomic E-state index is 0.125. The molecule has 3 rings (SSSR count). The Morgan fingerprint density at radius 2 is 1.96 bits per heavy atom. The summed E-state index contributed by atoms with van der Waals surface area (Å²) in [5, 5.41) is 15.5. The van der Waals surface area contributed by atoms with Crippen LogP contribution >= 0.6 is 11.8 Å². The molecule has 1 aromatic carbocycles. The van der Waals surface area contributed by atoms with Gasteiger partial charge >= 0.3 is 0 Å². The van der Waals surface area contributed by atoms with Gasteiger partial charge in [0, 0.05) is 11.4 Å². The van der Waals surface area contributed by atoms with Crippen molar-refractivity contribution >= 4 is 23.4 Å². The first-order valence-electron chi connectivity index (χ1n) is 8.69. The average molecular weight is 385 g/mol. The van der Waals surface area contributed by atoms with Crippen LogP contribution in [0.5, 0.6) is 0 Å². The number of nitrogens with one attached hydrogen (secondary N) is 1. The van der Waals surface area contributed by atoms with Gasteiger partial charge in [-0.3, -0.25) is 4.79 Å². The molecule has 0 aliphatic heterocycles. The Hall–Kier alpha value is -2.81. The number of aryl methyl sites for hydroxylation is 3. The zero-order chi connectivity index (χ0) is 19.6. The summed E-state index contributed by atoms with van der Waals surface area (Å²) in [7, 11) is 0. The maximum atomic E-state index is 12.5. The molecule has 3 N–H and O–H groups in total. The maximum Gasteiger partial charge on any atom is 0.271 e. The Labute approximate surface area is 162 Å². The van der Waals surface area contributed by atoms with Gasteiger partial charge in [0.15, 0.2) is 0 Å². The number of nitrogens with zero attached hydrogens (tertiary/aromatic N) is 5. The first kappa shape index (κ1) is 19.0. The molecule has 0 aliphatic carbocycles. The van der Waals surface area contributed by atoms with Crippen molar-refractivity contribution in [1.82, 2.24) is 24.7 Å². The van der Waals surface area contributed by atoms with Crippen molar-refractivity contribution in [3.63, 3.8) is 0 Å². The molecule has 0 radical (unpaired) electrons. The highest BCUT2D eigenvalue weighted by atomic mass is 32.2. The number of benzene rings is 1. The van der Waals surface area contributed by atoms with Crippen molar-refractivity contribution in [2.45, 2.75) is 44.5 Å². The molecule has 1 amide bonds. The molecule has 0 saturated carbocycles. The van der Waals surface area contributed by atoms with E-state index in [-0.39, 0.29) is 5.91 Å². The predicted molar refractivity (Wildman–Crippen MR) is 107 cm³/mol. The predicted octanol–water partition coefficient (Wildman–Crippen LogP) is 2.48. The number of rotatable bonds is 6. The Morgan fingerprint density at radius 3 is 2.56 bits per heavy atom. The van der Waals surface area contributed by atoms with Gasteiger partial charge in [-0.1, -0.05) is 30.8 Å². The lowest BCUT2D eigenvalue weighted by Crippen LogP contribution is -2.24. The summed E-state index contributed by atoms with van der Waals surface area (Å²) in [4.78, 5) is 12.5. The third-order valence-electron chi connectivity index (χ3n) is 4.13. The molecular formula is C18H23N7OS. The standard InChI is InChI=1S/C18H23N7OS/c1-5-14-6-8-15(9-7-14)20-16(26)13(4)27-18-22-21-17(24(18)19)25-12(3)10-11(2)23-25/h6-10,13H,5,19H2,1-4H3,(H,20,26)/t13-/m0/s1. The zero-order valence-corrected chi connectivity index (χ0v) is 16.6. The lowest BCUT2D eigenvalue weighted by molar-refractivity contribution is -0.115. The first-order valence-corrected chi connectivity index (χ1v) is 9.57. The van der Waals surface area contributed by atoms with E-state index in [0.29, 0.717) is 11.1 Å². The number of amides is 1. The summed E-state index contributed by atoms with van der Waals surface area (Å²) >= 11 is 1.24. The van der Waals surface area contributed by atoms with Crippen LogP contribution in [0.15, 0.2) is 35.5 Å². The van der Waals surface area contributed by atoms with Crippen LogP contribution in [0.3, 0.4) is 0 Å². The number of carbonyl (C=O) groups excluding carboxylic acids is 1. The Balaban J connectivity index is 1.69. The third-order valence-corrected chi connectivity index (χ3v) is 5.18. The molecular weight excluding hydrogens is 362 g/mol. The van der Waals surface area contributed by atoms with Crippen LogP contribution in [0.4, 0.5) is 5.69 Å². The summed E-state index contributed by atoms with van der Waals surface area (Å²) in [5.41, 5.74) is 3.77. The Morgan fingerprint density at radius 1 is 1.26 bits per heavy atom. The number of hydrogen-bond donors (Lipinski definition) is 2. The monoisotopic (exact) mass is 385 g/mol. The highest BCUT2D eigenvalue weighted by molar-refractivity contribution is 8.00. The molecule has 0 aliphatic rings. The second-order valence-electron chi connectivity index (χ2n) is 6.29. The fraction of sp³-hybridized carbons (Fsp3) is 0.333. The SMILES string of the molecule is CCc1ccc(NC(=O)[C@H](C)Sc2nnc(-n3nc(C)cc3C)n2N)cc1. The molecule has 2 aromatic heterocycles. The number of thioether (sulfide) groups is 1. The molecule has 2 heterocycles. The van der Waals surface area contributed by atoms with Crippen LogP contribution in [-0.4, -0.2) is 35.8 Å². The summed E-state index contributed by atoms with van der Waals surface area (Å²) < 4.78 is 2.98. The molecule has 0 saturated heterocycles. The summed E-state index contributed by atoms with van der Waals surface area (Å²) in [5.74, 6) is 6.41. The maximum absolute atomic E-state index is 12.5. The minimum atomic E-state index is -0.393. The molecule has 27 heavy (non-hydrogen) atoms. The minimum Gasteiger partial charge on any atom is -0.334 e. The average Bonchev–Trinajstić information content (AvgIpc) is 3.17. The van der Waals surface area contributed by atoms with Crippen LogP contribution in [0.2, 0.25) is 0 Å². The molecule has 0 spiro atoms. The van der Waals surface area contributed by atoms with Crippen molar-refractivity contribution in [1.29, 1.82) is 0 Å². The number of nitrogen functional groups attached to an aromatic ring is 1. The second kappa shape index (κ2) is 7.83. The summed E-state index contributed by atoms with van der Waals surface area (Å²) in [6.07, 6.45) is 0.963. The largest absolute Gasteiger partial charge is 0.334 e. The molecule has 8 nitrogen and oxygen atoms in total. The van der Waals surface area contributed by atoms with E-state index < -0.39 is 5.25 Å². The van der Waals surface area contributed by atoms with E-state index in [2.05, 4.69) is 27.5 Å². The van der Waals surface area contributed by atoms with Gasteiger partial charge in [-0.25, -0.2) is 9.36 Å². The van der Waals surface area contributed by atoms with Crippen LogP contribution in [0.25, 0.3) is 5.95 Å². The van der Waals surface area contributed by atoms with Gasteiger partial charge in [0.05, 0.1) is 10.9 Å². The Bertz CT molecular complexity index is 945. The number of anilines is 1. The molecule has 142 valence electrons. The van der Waals surface area contributed by atoms with Gasteiger partial charge in [-0.05, 0) is 51.0 Å². The fourth-order valence-corrected chi connectivity index (χ4v) is 3.37. The van der Waals surface area contributed by atoms with Gasteiger partial charge in [0.25, 0.3) is 5.95 Å². The first-order chi connectivity index (χ1) is 12.9. The van der Waals surface area contributed by atoms with E-state index in [0.717, 1.165) is 23.5 Å². The van der Waals surface area contributed by atoms with Crippen LogP contribution < -0.4 is 11.2 Å². The van der Waals surface area contributed by atoms with E-state index in [1.807, 2.05) is 44.2 Å². The van der Waals surface area contributed by atoms with Crippen molar-refractivity contribution in [2.75, 3.05) is 11.2 Å². The fourth-order valence-electron chi connectivity index (χ4n) is 2.60. The van der Waals surface area contributed by atoms with E-state index >= 15 is 0 Å². The zero-order valence-electron chi connectivity index (χ0n) is 15.8. The highest BCUT2D eigenvalue weighted by Crippen LogP contribution is 2.23. The summed E-state index contributed by atoms with van der Waals surface area (Å²) in [6, 6.07) is 9.75. The van der Waals surface area contributed by atoms with E-state index in [9.17, 15) is 4.79 Å². The second-order valence-corrected chi connectivity index (χ2v) is 7.60. The Kier molecular flexibility index (Phi) is 5.50. The van der Waals surface area contributed by atoms with Crippen molar-refractivity contribution in [2.24, 2.45) is 0 Å². The van der Waals surface area contributed by atoms with Crippen molar-refractivity contribution < 1.29 is 4.79 Å². The lowest BCUT2D eigenvalue weighted by Gasteiger charge is -2.12. The van der Waals surface area contributed by atoms with Crippen LogP contribution in [0.1, 0.15) is 30.8 Å². The molecule has 0 unspecified atom stereocenters. The normalized spacial score (nSPS) is 12.1. The van der Waals surface area contributed by atoms with Crippen LogP contribution in [0, 0.1) is 13.8 Å². The number of nitrogens with two attached hydrogens (primary N) is 1. The molecule has 1 atom stereocenters. The van der Waals surface area contributed by atoms with Gasteiger partial charge in [0.2, 0.25) is 11.1 Å². The number of aromatic nitrogens is 5. The van der Waals surface area contributed by atoms with E-state index in [1.165, 1.54) is 22.0 Å². The van der Waals surface area contributed by atoms with Gasteiger partial charge in [-0.15, -0.1) is 10.2 Å². The molecule has 9 heteroatoms. The van der Waals surface area contributed by atoms with Crippen molar-refractivity contribution in [3.8, 4) is 5.95 Å². The van der Waals surface area contributed by atoms with Crippen LogP contribution in [-0.2, 0) is 11.2 Å². The topological polar surface area (TPSA) is 104 Å². The summed E-state index contributed by atoms with van der Waals surface area (Å²) in [6.45, 7) is 7.71. The lowest BCUT2D eigenvalue weighted by atomic mass is 10.1. The molecule has 0 bridgehead atoms. The smallest absolute Gasteiger partial charge is 0.271 e. The molecule has 0 fully saturated rings. The molecule has 3 aromatic rings. The third kappa shape index (κ3) is 4.13. The van der Waals surface area contributed by atoms with E-state index in [4.69, 9.17) is 5.84 Å². The number of carbonyl (C=O) groups is 1. The van der Waals surface area contributed by atoms with Gasteiger partial charge in [0.1, 0.15) is 0 Å². The number of hydrogen-bond acceptors (Lipinski definition) is 6. The highest BCUT2D eigenvalue weighted by Gasteiger charge is 2.21. The van der Waals surface area contributed by atoms with Gasteiger partial charge < -0.3 is 11.2 Å². The van der Waals surface area contributed by atoms with E-state index in [1.54, 1.807) is 11.6 Å².